The number of nitrogens with zero attached hydrogens (tertiary/aromatic N) is 1. The van der Waals surface area contributed by atoms with Crippen molar-refractivity contribution < 1.29 is 19.5 Å². The third kappa shape index (κ3) is 3.44. The highest BCUT2D eigenvalue weighted by atomic mass is 32.2. The van der Waals surface area contributed by atoms with Gasteiger partial charge in [-0.3, -0.25) is 14.4 Å². The van der Waals surface area contributed by atoms with Crippen LogP contribution in [0.15, 0.2) is 0 Å². The zero-order valence-corrected chi connectivity index (χ0v) is 19.6. The van der Waals surface area contributed by atoms with Gasteiger partial charge in [0.25, 0.3) is 0 Å². The summed E-state index contributed by atoms with van der Waals surface area (Å²) >= 11 is 1.67. The molecule has 0 aromatic carbocycles. The Labute approximate surface area is 184 Å². The highest BCUT2D eigenvalue weighted by Gasteiger charge is 2.76. The van der Waals surface area contributed by atoms with E-state index in [1.54, 1.807) is 23.7 Å². The summed E-state index contributed by atoms with van der Waals surface area (Å²) in [6.45, 7) is 8.53. The number of aliphatic hydroxyl groups is 1. The molecule has 3 aliphatic rings. The molecule has 1 spiro atoms. The van der Waals surface area contributed by atoms with Crippen LogP contribution in [-0.2, 0) is 14.4 Å². The largest absolute Gasteiger partial charge is 0.394 e. The minimum atomic E-state index is -0.657. The van der Waals surface area contributed by atoms with Crippen molar-refractivity contribution in [2.45, 2.75) is 75.5 Å². The lowest BCUT2D eigenvalue weighted by atomic mass is 9.66. The van der Waals surface area contributed by atoms with E-state index in [-0.39, 0.29) is 41.4 Å². The smallest absolute Gasteiger partial charge is 0.244 e. The molecule has 7 atom stereocenters. The molecule has 7 nitrogen and oxygen atoms in total. The molecular formula is C22H37N3O4S. The number of fused-ring (bicyclic) bond motifs is 1. The second-order valence-electron chi connectivity index (χ2n) is 9.40. The second kappa shape index (κ2) is 9.07. The molecule has 170 valence electrons. The van der Waals surface area contributed by atoms with Crippen molar-refractivity contribution in [2.24, 2.45) is 23.7 Å². The lowest BCUT2D eigenvalue weighted by molar-refractivity contribution is -0.143. The van der Waals surface area contributed by atoms with Crippen molar-refractivity contribution in [1.29, 1.82) is 0 Å². The van der Waals surface area contributed by atoms with Crippen LogP contribution in [0.25, 0.3) is 0 Å². The van der Waals surface area contributed by atoms with E-state index >= 15 is 0 Å². The fraction of sp³-hybridized carbons (Fsp3) is 0.864. The highest BCUT2D eigenvalue weighted by Crippen LogP contribution is 2.68. The van der Waals surface area contributed by atoms with E-state index in [2.05, 4.69) is 24.5 Å². The first-order valence-corrected chi connectivity index (χ1v) is 12.2. The fourth-order valence-corrected chi connectivity index (χ4v) is 8.29. The van der Waals surface area contributed by atoms with Crippen LogP contribution in [-0.4, -0.2) is 70.0 Å². The summed E-state index contributed by atoms with van der Waals surface area (Å²) < 4.78 is -0.615. The molecule has 0 aliphatic carbocycles. The molecule has 0 radical (unpaired) electrons. The summed E-state index contributed by atoms with van der Waals surface area (Å²) in [6, 6.07) is -1.10. The summed E-state index contributed by atoms with van der Waals surface area (Å²) in [5.41, 5.74) is 0. The van der Waals surface area contributed by atoms with Gasteiger partial charge in [-0.2, -0.15) is 0 Å². The highest BCUT2D eigenvalue weighted by molar-refractivity contribution is 8.02. The van der Waals surface area contributed by atoms with Gasteiger partial charge in [0.1, 0.15) is 6.04 Å². The number of carbonyl (C=O) groups is 3. The molecule has 3 aliphatic heterocycles. The molecule has 3 rings (SSSR count). The summed E-state index contributed by atoms with van der Waals surface area (Å²) in [5.74, 6) is -1.20. The lowest BCUT2D eigenvalue weighted by Gasteiger charge is -2.40. The number of likely N-dealkylation sites (tertiary alicyclic amines) is 1. The van der Waals surface area contributed by atoms with Crippen molar-refractivity contribution in [3.8, 4) is 0 Å². The molecule has 8 heteroatoms. The Morgan fingerprint density at radius 3 is 2.57 bits per heavy atom. The van der Waals surface area contributed by atoms with Crippen LogP contribution in [0.2, 0.25) is 0 Å². The Balaban J connectivity index is 2.02. The van der Waals surface area contributed by atoms with Gasteiger partial charge in [-0.25, -0.2) is 0 Å². The minimum Gasteiger partial charge on any atom is -0.394 e. The Kier molecular flexibility index (Phi) is 7.07. The Morgan fingerprint density at radius 2 is 2.00 bits per heavy atom. The van der Waals surface area contributed by atoms with Crippen LogP contribution >= 0.6 is 11.8 Å². The lowest BCUT2D eigenvalue weighted by Crippen LogP contribution is -2.59. The molecule has 0 aromatic heterocycles. The van der Waals surface area contributed by atoms with Crippen LogP contribution in [0, 0.1) is 23.7 Å². The first kappa shape index (κ1) is 23.4. The van der Waals surface area contributed by atoms with Crippen LogP contribution in [0.3, 0.4) is 0 Å². The van der Waals surface area contributed by atoms with Gasteiger partial charge in [-0.05, 0) is 24.7 Å². The van der Waals surface area contributed by atoms with E-state index < -0.39 is 28.7 Å². The van der Waals surface area contributed by atoms with Crippen LogP contribution < -0.4 is 10.6 Å². The molecule has 3 unspecified atom stereocenters. The van der Waals surface area contributed by atoms with E-state index in [0.717, 1.165) is 25.7 Å². The van der Waals surface area contributed by atoms with Gasteiger partial charge < -0.3 is 20.6 Å². The Bertz CT molecular complexity index is 687. The number of aliphatic hydroxyl groups excluding tert-OH is 1. The molecule has 0 aromatic rings. The van der Waals surface area contributed by atoms with E-state index in [0.29, 0.717) is 6.54 Å². The predicted molar refractivity (Wildman–Crippen MR) is 118 cm³/mol. The van der Waals surface area contributed by atoms with Gasteiger partial charge >= 0.3 is 0 Å². The first-order valence-electron chi connectivity index (χ1n) is 11.4. The quantitative estimate of drug-likeness (QED) is 0.472. The fourth-order valence-electron chi connectivity index (χ4n) is 5.89. The van der Waals surface area contributed by atoms with E-state index in [1.165, 1.54) is 0 Å². The average Bonchev–Trinajstić information content (AvgIpc) is 3.29. The van der Waals surface area contributed by atoms with E-state index in [1.807, 2.05) is 13.8 Å². The van der Waals surface area contributed by atoms with Gasteiger partial charge in [-0.1, -0.05) is 40.5 Å². The topological polar surface area (TPSA) is 98.7 Å². The zero-order chi connectivity index (χ0) is 22.2. The Morgan fingerprint density at radius 1 is 1.30 bits per heavy atom. The number of thioether (sulfide) groups is 1. The number of nitrogens with one attached hydrogen (secondary N) is 2. The van der Waals surface area contributed by atoms with E-state index in [4.69, 9.17) is 0 Å². The zero-order valence-electron chi connectivity index (χ0n) is 18.8. The third-order valence-electron chi connectivity index (χ3n) is 7.37. The van der Waals surface area contributed by atoms with Crippen molar-refractivity contribution in [1.82, 2.24) is 15.5 Å². The van der Waals surface area contributed by atoms with Crippen molar-refractivity contribution in [2.75, 3.05) is 20.2 Å². The molecular weight excluding hydrogens is 402 g/mol. The summed E-state index contributed by atoms with van der Waals surface area (Å²) in [7, 11) is 1.61. The maximum atomic E-state index is 13.8. The van der Waals surface area contributed by atoms with Crippen LogP contribution in [0.1, 0.15) is 53.4 Å². The van der Waals surface area contributed by atoms with Gasteiger partial charge in [0.05, 0.1) is 29.2 Å². The number of unbranched alkanes of at least 4 members (excludes halogenated alkanes) is 2. The van der Waals surface area contributed by atoms with Crippen molar-refractivity contribution >= 4 is 29.5 Å². The first-order chi connectivity index (χ1) is 14.3. The molecule has 0 saturated carbocycles. The molecule has 3 N–H and O–H groups in total. The number of rotatable bonds is 9. The molecule has 30 heavy (non-hydrogen) atoms. The normalized spacial score (nSPS) is 35.6. The molecule has 3 amide bonds. The molecule has 3 fully saturated rings. The average molecular weight is 440 g/mol. The molecule has 3 saturated heterocycles. The number of hydrogen-bond donors (Lipinski definition) is 3. The maximum Gasteiger partial charge on any atom is 0.244 e. The van der Waals surface area contributed by atoms with Gasteiger partial charge in [0, 0.05) is 18.8 Å². The monoisotopic (exact) mass is 439 g/mol. The van der Waals surface area contributed by atoms with Crippen LogP contribution in [0.5, 0.6) is 0 Å². The maximum absolute atomic E-state index is 13.8. The number of amides is 3. The summed E-state index contributed by atoms with van der Waals surface area (Å²) in [6.07, 6.45) is 3.83. The molecule has 3 heterocycles. The molecule has 2 bridgehead atoms. The number of carbonyl (C=O) groups excluding carboxylic acids is 3. The van der Waals surface area contributed by atoms with E-state index in [9.17, 15) is 19.5 Å². The van der Waals surface area contributed by atoms with Gasteiger partial charge in [0.2, 0.25) is 17.7 Å². The van der Waals surface area contributed by atoms with Crippen molar-refractivity contribution in [3.05, 3.63) is 0 Å². The Hall–Kier alpha value is -1.28. The predicted octanol–water partition coefficient (Wildman–Crippen LogP) is 1.39. The number of hydrogen-bond acceptors (Lipinski definition) is 5. The second-order valence-corrected chi connectivity index (χ2v) is 11.0. The third-order valence-corrected chi connectivity index (χ3v) is 9.45. The van der Waals surface area contributed by atoms with Crippen molar-refractivity contribution in [3.63, 3.8) is 0 Å². The standard InChI is InChI=1S/C22H37N3O4S/c1-6-7-8-9-24-20(28)18-22-13(4)10-15(30-22)16(19(27)23-5)17(22)21(29)25(18)14(11-26)12(2)3/h12-18,26H,6-11H2,1-5H3,(H,23,27)(H,24,28)/t13?,14-,15+,16-,17-,18?,22?/m0/s1. The van der Waals surface area contributed by atoms with Gasteiger partial charge in [0.15, 0.2) is 0 Å². The van der Waals surface area contributed by atoms with Gasteiger partial charge in [-0.15, -0.1) is 11.8 Å². The summed E-state index contributed by atoms with van der Waals surface area (Å²) in [5, 5.41) is 16.0. The SMILES string of the molecule is CCCCCNC(=O)C1N([C@@H](CO)C(C)C)C(=O)[C@@H]2[C@@H](C(=O)NC)[C@H]3CC(C)C12S3. The van der Waals surface area contributed by atoms with Crippen LogP contribution in [0.4, 0.5) is 0 Å². The summed E-state index contributed by atoms with van der Waals surface area (Å²) in [4.78, 5) is 41.7. The minimum absolute atomic E-state index is 0.000487.